The third-order valence-electron chi connectivity index (χ3n) is 5.84. The van der Waals surface area contributed by atoms with E-state index in [1.807, 2.05) is 0 Å². The van der Waals surface area contributed by atoms with Gasteiger partial charge >= 0.3 is 22.4 Å². The second-order valence-electron chi connectivity index (χ2n) is 9.42. The van der Waals surface area contributed by atoms with Crippen molar-refractivity contribution in [1.82, 2.24) is 0 Å². The first-order valence-corrected chi connectivity index (χ1v) is 11.1. The second-order valence-corrected chi connectivity index (χ2v) is 9.42. The molecule has 0 radical (unpaired) electrons. The summed E-state index contributed by atoms with van der Waals surface area (Å²) in [6.07, 6.45) is 4.43. The van der Waals surface area contributed by atoms with Crippen molar-refractivity contribution in [2.75, 3.05) is 9.80 Å². The molecule has 166 valence electrons. The van der Waals surface area contributed by atoms with E-state index < -0.39 is 0 Å². The van der Waals surface area contributed by atoms with E-state index in [2.05, 4.69) is 121 Å². The first-order chi connectivity index (χ1) is 13.7. The Balaban J connectivity index is 0.00000320. The summed E-state index contributed by atoms with van der Waals surface area (Å²) in [6, 6.07) is 13.5. The molecule has 0 atom stereocenters. The Morgan fingerprint density at radius 3 is 1.03 bits per heavy atom. The monoisotopic (exact) mass is 586 g/mol. The Kier molecular flexibility index (Phi) is 8.44. The fourth-order valence-electron chi connectivity index (χ4n) is 4.24. The molecule has 0 aliphatic carbocycles. The van der Waals surface area contributed by atoms with Gasteiger partial charge in [0, 0.05) is 11.4 Å². The summed E-state index contributed by atoms with van der Waals surface area (Å²) in [4.78, 5) is 4.65. The van der Waals surface area contributed by atoms with Crippen LogP contribution in [0.2, 0.25) is 0 Å². The average molecular weight is 587 g/mol. The smallest absolute Gasteiger partial charge is 0.479 e. The van der Waals surface area contributed by atoms with E-state index in [-0.39, 0.29) is 22.4 Å². The van der Waals surface area contributed by atoms with Crippen LogP contribution in [0.5, 0.6) is 0 Å². The van der Waals surface area contributed by atoms with Crippen molar-refractivity contribution in [3.05, 3.63) is 77.7 Å². The van der Waals surface area contributed by atoms with Crippen LogP contribution in [0.1, 0.15) is 101 Å². The fourth-order valence-corrected chi connectivity index (χ4v) is 4.24. The van der Waals surface area contributed by atoms with Crippen LogP contribution >= 0.6 is 0 Å². The number of para-hydroxylation sites is 2. The molecular formula is C27H37AuN2. The quantitative estimate of drug-likeness (QED) is 0.249. The molecule has 0 fully saturated rings. The summed E-state index contributed by atoms with van der Waals surface area (Å²) < 4.78 is 0. The van der Waals surface area contributed by atoms with Gasteiger partial charge in [0.2, 0.25) is 0 Å². The predicted molar refractivity (Wildman–Crippen MR) is 128 cm³/mol. The van der Waals surface area contributed by atoms with Crippen molar-refractivity contribution in [3.8, 4) is 0 Å². The second kappa shape index (κ2) is 10.2. The van der Waals surface area contributed by atoms with E-state index in [0.717, 1.165) is 0 Å². The van der Waals surface area contributed by atoms with Gasteiger partial charge in [0.1, 0.15) is 0 Å². The average Bonchev–Trinajstić information content (AvgIpc) is 3.15. The normalized spacial score (nSPS) is 13.9. The van der Waals surface area contributed by atoms with Crippen LogP contribution in [0.4, 0.5) is 11.4 Å². The minimum Gasteiger partial charge on any atom is -0.479 e. The van der Waals surface area contributed by atoms with Gasteiger partial charge < -0.3 is 9.80 Å². The topological polar surface area (TPSA) is 6.48 Å². The van der Waals surface area contributed by atoms with E-state index in [1.54, 1.807) is 0 Å². The minimum absolute atomic E-state index is 0. The van der Waals surface area contributed by atoms with E-state index in [4.69, 9.17) is 0 Å². The van der Waals surface area contributed by atoms with Crippen molar-refractivity contribution >= 4 is 11.4 Å². The van der Waals surface area contributed by atoms with E-state index in [1.165, 1.54) is 33.6 Å². The molecule has 0 amide bonds. The number of anilines is 2. The number of hydrogen-bond acceptors (Lipinski definition) is 2. The van der Waals surface area contributed by atoms with Gasteiger partial charge in [-0.1, -0.05) is 91.8 Å². The van der Waals surface area contributed by atoms with Gasteiger partial charge in [0.05, 0.1) is 0 Å². The molecule has 2 aromatic rings. The Morgan fingerprint density at radius 2 is 0.800 bits per heavy atom. The molecule has 0 saturated carbocycles. The molecule has 0 N–H and O–H groups in total. The Morgan fingerprint density at radius 1 is 0.533 bits per heavy atom. The van der Waals surface area contributed by atoms with E-state index in [9.17, 15) is 0 Å². The SMILES string of the molecule is CC(C)c1cccc(C(C)C)c1N1C=CN(c2c(C(C)C)cccc2C(C)C)[CH-]1.[Au+]. The summed E-state index contributed by atoms with van der Waals surface area (Å²) in [5, 5.41) is 0. The van der Waals surface area contributed by atoms with Gasteiger partial charge in [-0.05, 0) is 58.3 Å². The molecule has 0 unspecified atom stereocenters. The van der Waals surface area contributed by atoms with Gasteiger partial charge in [-0.15, -0.1) is 6.67 Å². The maximum atomic E-state index is 2.33. The van der Waals surface area contributed by atoms with Crippen LogP contribution in [0, 0.1) is 6.67 Å². The predicted octanol–water partition coefficient (Wildman–Crippen LogP) is 8.09. The third kappa shape index (κ3) is 4.88. The van der Waals surface area contributed by atoms with Gasteiger partial charge in [0.15, 0.2) is 0 Å². The number of nitrogens with zero attached hydrogens (tertiary/aromatic N) is 2. The zero-order valence-corrected chi connectivity index (χ0v) is 21.9. The van der Waals surface area contributed by atoms with Gasteiger partial charge in [-0.3, -0.25) is 0 Å². The van der Waals surface area contributed by atoms with Crippen molar-refractivity contribution in [1.29, 1.82) is 0 Å². The van der Waals surface area contributed by atoms with Gasteiger partial charge in [0.25, 0.3) is 0 Å². The van der Waals surface area contributed by atoms with Crippen LogP contribution < -0.4 is 9.80 Å². The Bertz CT molecular complexity index is 756. The molecule has 0 aromatic heterocycles. The molecule has 1 aliphatic heterocycles. The molecule has 1 heterocycles. The van der Waals surface area contributed by atoms with E-state index in [0.29, 0.717) is 23.7 Å². The minimum atomic E-state index is 0. The van der Waals surface area contributed by atoms with Crippen LogP contribution in [-0.4, -0.2) is 0 Å². The third-order valence-corrected chi connectivity index (χ3v) is 5.84. The standard InChI is InChI=1S/C27H37N2.Au/c1-18(2)22-11-9-12-23(19(3)4)26(22)28-15-16-29(17-28)27-24(20(5)6)13-10-14-25(27)21(7)8;/h9-21H,1-8H3;/q-1;+1. The molecule has 3 rings (SSSR count). The number of hydrogen-bond donors (Lipinski definition) is 0. The zero-order valence-electron chi connectivity index (χ0n) is 19.7. The Hall–Kier alpha value is -1.48. The van der Waals surface area contributed by atoms with Crippen molar-refractivity contribution in [3.63, 3.8) is 0 Å². The zero-order chi connectivity index (χ0) is 21.3. The van der Waals surface area contributed by atoms with Crippen LogP contribution in [-0.2, 0) is 22.4 Å². The van der Waals surface area contributed by atoms with Crippen LogP contribution in [0.15, 0.2) is 48.8 Å². The first-order valence-electron chi connectivity index (χ1n) is 11.1. The molecule has 1 aliphatic rings. The fraction of sp³-hybridized carbons (Fsp3) is 0.444. The Labute approximate surface area is 199 Å². The van der Waals surface area contributed by atoms with Gasteiger partial charge in [-0.2, -0.15) is 0 Å². The summed E-state index contributed by atoms with van der Waals surface area (Å²) in [7, 11) is 0. The molecule has 3 heteroatoms. The maximum Gasteiger partial charge on any atom is 1.00 e. The molecule has 0 bridgehead atoms. The van der Waals surface area contributed by atoms with Crippen molar-refractivity contribution < 1.29 is 22.4 Å². The van der Waals surface area contributed by atoms with Crippen molar-refractivity contribution in [2.24, 2.45) is 0 Å². The largest absolute Gasteiger partial charge is 1.00 e. The van der Waals surface area contributed by atoms with Crippen LogP contribution in [0.3, 0.4) is 0 Å². The van der Waals surface area contributed by atoms with Crippen LogP contribution in [0.25, 0.3) is 0 Å². The number of benzene rings is 2. The first kappa shape index (κ1) is 24.8. The maximum absolute atomic E-state index is 2.33. The molecular weight excluding hydrogens is 549 g/mol. The molecule has 0 spiro atoms. The van der Waals surface area contributed by atoms with E-state index >= 15 is 0 Å². The van der Waals surface area contributed by atoms with Gasteiger partial charge in [-0.25, -0.2) is 0 Å². The molecule has 0 saturated heterocycles. The molecule has 30 heavy (non-hydrogen) atoms. The summed E-state index contributed by atoms with van der Waals surface area (Å²) in [5.41, 5.74) is 8.29. The van der Waals surface area contributed by atoms with Crippen molar-refractivity contribution in [2.45, 2.75) is 79.1 Å². The summed E-state index contributed by atoms with van der Waals surface area (Å²) >= 11 is 0. The number of rotatable bonds is 6. The molecule has 2 nitrogen and oxygen atoms in total. The summed E-state index contributed by atoms with van der Waals surface area (Å²) in [6.45, 7) is 20.5. The summed E-state index contributed by atoms with van der Waals surface area (Å²) in [5.74, 6) is 1.92. The molecule has 2 aromatic carbocycles.